The van der Waals surface area contributed by atoms with Crippen LogP contribution in [0.2, 0.25) is 0 Å². The number of ether oxygens (including phenoxy) is 2. The number of hydrogen-bond donors (Lipinski definition) is 2. The van der Waals surface area contributed by atoms with Crippen molar-refractivity contribution in [1.29, 1.82) is 0 Å². The van der Waals surface area contributed by atoms with Gasteiger partial charge in [-0.3, -0.25) is 14.4 Å². The Kier molecular flexibility index (Phi) is 41.4. The van der Waals surface area contributed by atoms with Crippen LogP contribution in [0.4, 0.5) is 0 Å². The molecule has 2 N–H and O–H groups in total. The van der Waals surface area contributed by atoms with Gasteiger partial charge in [0.05, 0.1) is 12.7 Å². The minimum atomic E-state index is -0.436. The highest BCUT2D eigenvalue weighted by atomic mass is 16.5. The molecule has 1 aromatic heterocycles. The van der Waals surface area contributed by atoms with Crippen molar-refractivity contribution in [1.82, 2.24) is 20.4 Å². The lowest BCUT2D eigenvalue weighted by Gasteiger charge is -2.25. The van der Waals surface area contributed by atoms with Gasteiger partial charge in [0.25, 0.3) is 5.91 Å². The molecule has 1 amide bonds. The molecule has 0 saturated carbocycles. The first-order chi connectivity index (χ1) is 30.9. The summed E-state index contributed by atoms with van der Waals surface area (Å²) in [6.45, 7) is 10.3. The molecular formula is C53H98N4O6. The topological polar surface area (TPSA) is 131 Å². The highest BCUT2D eigenvalue weighted by Gasteiger charge is 2.16. The van der Waals surface area contributed by atoms with Crippen molar-refractivity contribution in [2.75, 3.05) is 32.8 Å². The first-order valence-electron chi connectivity index (χ1n) is 26.7. The molecule has 1 rings (SSSR count). The largest absolute Gasteiger partial charge is 0.466 e. The summed E-state index contributed by atoms with van der Waals surface area (Å²) in [5.74, 6) is -0.325. The minimum absolute atomic E-state index is 0.0166. The van der Waals surface area contributed by atoms with Crippen LogP contribution in [0.15, 0.2) is 18.3 Å². The molecular weight excluding hydrogens is 789 g/mol. The lowest BCUT2D eigenvalue weighted by Crippen LogP contribution is -2.34. The number of nitrogens with zero attached hydrogens (tertiary/aromatic N) is 3. The highest BCUT2D eigenvalue weighted by molar-refractivity contribution is 5.91. The monoisotopic (exact) mass is 887 g/mol. The molecule has 0 aliphatic carbocycles. The zero-order valence-electron chi connectivity index (χ0n) is 41.2. The van der Waals surface area contributed by atoms with Crippen LogP contribution in [0.3, 0.4) is 0 Å². The summed E-state index contributed by atoms with van der Waals surface area (Å²) in [4.78, 5) is 39.9. The van der Waals surface area contributed by atoms with Gasteiger partial charge in [-0.05, 0) is 102 Å². The van der Waals surface area contributed by atoms with Gasteiger partial charge in [-0.1, -0.05) is 162 Å². The van der Waals surface area contributed by atoms with E-state index in [0.29, 0.717) is 44.7 Å². The standard InChI is InChI=1S/C53H98N4O6/c1-4-7-10-13-16-17-18-24-34-46-62-51(59)40-29-25-33-45-57(47-48(58)36-30-31-42-54-53(61)50-39-35-43-55-56-50)44-32-23-19-22-28-41-52(60)63-49(37-26-20-14-11-8-5-2)38-27-21-15-12-9-6-3/h35,39,43,48-49,58H,4-34,36-38,40-42,44-47H2,1-3H3,(H,54,61). The number of aromatic nitrogens is 2. The van der Waals surface area contributed by atoms with E-state index in [9.17, 15) is 19.5 Å². The Hall–Kier alpha value is -2.59. The fraction of sp³-hybridized carbons (Fsp3) is 0.868. The van der Waals surface area contributed by atoms with E-state index in [4.69, 9.17) is 9.47 Å². The lowest BCUT2D eigenvalue weighted by atomic mass is 10.0. The SMILES string of the molecule is CCCCCCCCCCCOC(=O)CCCCCN(CCCCCCCC(=O)OC(CCCCCCCC)CCCCCCCC)CC(O)CCCCNC(=O)c1cccnn1. The van der Waals surface area contributed by atoms with Gasteiger partial charge in [-0.25, -0.2) is 0 Å². The number of aliphatic hydroxyl groups is 1. The maximum absolute atomic E-state index is 12.9. The molecule has 1 heterocycles. The van der Waals surface area contributed by atoms with Crippen molar-refractivity contribution in [3.63, 3.8) is 0 Å². The van der Waals surface area contributed by atoms with E-state index >= 15 is 0 Å². The average Bonchev–Trinajstić information content (AvgIpc) is 3.28. The summed E-state index contributed by atoms with van der Waals surface area (Å²) in [5, 5.41) is 21.5. The number of hydrogen-bond acceptors (Lipinski definition) is 9. The van der Waals surface area contributed by atoms with Crippen LogP contribution in [0.5, 0.6) is 0 Å². The molecule has 366 valence electrons. The van der Waals surface area contributed by atoms with Crippen LogP contribution in [0, 0.1) is 0 Å². The van der Waals surface area contributed by atoms with E-state index in [1.54, 1.807) is 18.3 Å². The third-order valence-electron chi connectivity index (χ3n) is 12.3. The molecule has 10 heteroatoms. The quantitative estimate of drug-likeness (QED) is 0.0485. The third kappa shape index (κ3) is 38.4. The molecule has 0 fully saturated rings. The van der Waals surface area contributed by atoms with Gasteiger partial charge in [-0.2, -0.15) is 5.10 Å². The van der Waals surface area contributed by atoms with Crippen LogP contribution in [0.25, 0.3) is 0 Å². The Labute approximate surface area is 387 Å². The van der Waals surface area contributed by atoms with Crippen LogP contribution in [0.1, 0.15) is 262 Å². The van der Waals surface area contributed by atoms with Crippen LogP contribution in [-0.4, -0.2) is 83.0 Å². The van der Waals surface area contributed by atoms with E-state index in [2.05, 4.69) is 41.2 Å². The molecule has 1 unspecified atom stereocenters. The summed E-state index contributed by atoms with van der Waals surface area (Å²) in [6.07, 6.45) is 40.8. The van der Waals surface area contributed by atoms with E-state index in [1.807, 2.05) is 0 Å². The number of aliphatic hydroxyl groups excluding tert-OH is 1. The fourth-order valence-corrected chi connectivity index (χ4v) is 8.30. The van der Waals surface area contributed by atoms with E-state index in [1.165, 1.54) is 109 Å². The lowest BCUT2D eigenvalue weighted by molar-refractivity contribution is -0.150. The van der Waals surface area contributed by atoms with Crippen molar-refractivity contribution in [2.24, 2.45) is 0 Å². The second-order valence-corrected chi connectivity index (χ2v) is 18.4. The molecule has 0 aromatic carbocycles. The number of carbonyl (C=O) groups is 3. The molecule has 0 spiro atoms. The molecule has 0 bridgehead atoms. The van der Waals surface area contributed by atoms with Crippen molar-refractivity contribution in [3.05, 3.63) is 24.0 Å². The van der Waals surface area contributed by atoms with Gasteiger partial charge < -0.3 is 24.8 Å². The van der Waals surface area contributed by atoms with E-state index < -0.39 is 6.10 Å². The normalized spacial score (nSPS) is 12.0. The number of nitrogens with one attached hydrogen (secondary N) is 1. The van der Waals surface area contributed by atoms with Gasteiger partial charge in [0.15, 0.2) is 5.69 Å². The Balaban J connectivity index is 2.41. The van der Waals surface area contributed by atoms with Crippen LogP contribution in [-0.2, 0) is 19.1 Å². The van der Waals surface area contributed by atoms with Gasteiger partial charge in [0.1, 0.15) is 6.10 Å². The molecule has 0 radical (unpaired) electrons. The second-order valence-electron chi connectivity index (χ2n) is 18.4. The third-order valence-corrected chi connectivity index (χ3v) is 12.3. The van der Waals surface area contributed by atoms with Crippen molar-refractivity contribution < 1.29 is 29.0 Å². The highest BCUT2D eigenvalue weighted by Crippen LogP contribution is 2.19. The zero-order valence-corrected chi connectivity index (χ0v) is 41.2. The van der Waals surface area contributed by atoms with Crippen molar-refractivity contribution >= 4 is 17.8 Å². The zero-order chi connectivity index (χ0) is 45.7. The van der Waals surface area contributed by atoms with Crippen molar-refractivity contribution in [3.8, 4) is 0 Å². The Morgan fingerprint density at radius 2 is 1.06 bits per heavy atom. The molecule has 0 aliphatic rings. The van der Waals surface area contributed by atoms with Gasteiger partial charge >= 0.3 is 11.9 Å². The van der Waals surface area contributed by atoms with Crippen LogP contribution >= 0.6 is 0 Å². The smallest absolute Gasteiger partial charge is 0.306 e. The summed E-state index contributed by atoms with van der Waals surface area (Å²) in [5.41, 5.74) is 0.308. The van der Waals surface area contributed by atoms with Crippen molar-refractivity contribution in [2.45, 2.75) is 264 Å². The Morgan fingerprint density at radius 1 is 0.587 bits per heavy atom. The first kappa shape index (κ1) is 58.4. The van der Waals surface area contributed by atoms with E-state index in [0.717, 1.165) is 116 Å². The molecule has 0 aliphatic heterocycles. The second kappa shape index (κ2) is 44.6. The number of esters is 2. The summed E-state index contributed by atoms with van der Waals surface area (Å²) < 4.78 is 11.6. The minimum Gasteiger partial charge on any atom is -0.466 e. The van der Waals surface area contributed by atoms with Crippen LogP contribution < -0.4 is 5.32 Å². The summed E-state index contributed by atoms with van der Waals surface area (Å²) >= 11 is 0. The first-order valence-corrected chi connectivity index (χ1v) is 26.7. The maximum Gasteiger partial charge on any atom is 0.306 e. The van der Waals surface area contributed by atoms with Gasteiger partial charge in [-0.15, -0.1) is 5.10 Å². The number of amides is 1. The maximum atomic E-state index is 12.9. The predicted molar refractivity (Wildman–Crippen MR) is 261 cm³/mol. The fourth-order valence-electron chi connectivity index (χ4n) is 8.30. The van der Waals surface area contributed by atoms with Gasteiger partial charge in [0.2, 0.25) is 0 Å². The molecule has 1 aromatic rings. The molecule has 10 nitrogen and oxygen atoms in total. The summed E-state index contributed by atoms with van der Waals surface area (Å²) in [6, 6.07) is 3.34. The molecule has 1 atom stereocenters. The van der Waals surface area contributed by atoms with Gasteiger partial charge in [0, 0.05) is 32.1 Å². The Morgan fingerprint density at radius 3 is 1.62 bits per heavy atom. The molecule has 63 heavy (non-hydrogen) atoms. The van der Waals surface area contributed by atoms with E-state index in [-0.39, 0.29) is 23.9 Å². The number of unbranched alkanes of at least 4 members (excludes halogenated alkanes) is 25. The number of carbonyl (C=O) groups excluding carboxylic acids is 3. The Bertz CT molecular complexity index is 1160. The molecule has 0 saturated heterocycles. The summed E-state index contributed by atoms with van der Waals surface area (Å²) in [7, 11) is 0. The average molecular weight is 887 g/mol. The predicted octanol–water partition coefficient (Wildman–Crippen LogP) is 13.4. The number of rotatable bonds is 47.